The molecule has 0 saturated heterocycles. The van der Waals surface area contributed by atoms with Crippen molar-refractivity contribution in [2.45, 2.75) is 6.54 Å². The molecule has 1 aromatic carbocycles. The lowest BCUT2D eigenvalue weighted by Crippen LogP contribution is -2.22. The van der Waals surface area contributed by atoms with Gasteiger partial charge >= 0.3 is 0 Å². The summed E-state index contributed by atoms with van der Waals surface area (Å²) >= 11 is 17.5. The summed E-state index contributed by atoms with van der Waals surface area (Å²) in [4.78, 5) is 7.84. The van der Waals surface area contributed by atoms with Crippen molar-refractivity contribution >= 4 is 40.6 Å². The molecule has 0 fully saturated rings. The molecule has 0 atom stereocenters. The van der Waals surface area contributed by atoms with Gasteiger partial charge < -0.3 is 10.5 Å². The predicted molar refractivity (Wildman–Crippen MR) is 75.6 cm³/mol. The third kappa shape index (κ3) is 3.61. The fourth-order valence-corrected chi connectivity index (χ4v) is 2.07. The van der Waals surface area contributed by atoms with E-state index in [1.807, 2.05) is 0 Å². The van der Waals surface area contributed by atoms with Crippen molar-refractivity contribution in [3.05, 3.63) is 45.3 Å². The van der Waals surface area contributed by atoms with Crippen molar-refractivity contribution in [3.8, 4) is 5.75 Å². The second-order valence-corrected chi connectivity index (χ2v) is 4.77. The highest BCUT2D eigenvalue weighted by atomic mass is 35.5. The van der Waals surface area contributed by atoms with Crippen LogP contribution in [0.4, 0.5) is 5.82 Å². The maximum atomic E-state index is 9.76. The molecule has 100 valence electrons. The van der Waals surface area contributed by atoms with E-state index >= 15 is 0 Å². The molecule has 1 heterocycles. The van der Waals surface area contributed by atoms with E-state index in [4.69, 9.17) is 34.8 Å². The Labute approximate surface area is 124 Å². The topological polar surface area (TPSA) is 70.1 Å². The van der Waals surface area contributed by atoms with Crippen LogP contribution in [0, 0.1) is 0 Å². The molecule has 0 aliphatic carbocycles. The van der Waals surface area contributed by atoms with E-state index in [-0.39, 0.29) is 22.5 Å². The predicted octanol–water partition coefficient (Wildman–Crippen LogP) is 3.26. The van der Waals surface area contributed by atoms with E-state index in [1.54, 1.807) is 6.07 Å². The van der Waals surface area contributed by atoms with Crippen LogP contribution in [0.25, 0.3) is 0 Å². The van der Waals surface area contributed by atoms with Crippen LogP contribution in [0.15, 0.2) is 24.5 Å². The van der Waals surface area contributed by atoms with Gasteiger partial charge in [-0.2, -0.15) is 0 Å². The van der Waals surface area contributed by atoms with Crippen molar-refractivity contribution in [2.75, 3.05) is 5.43 Å². The number of nitrogens with one attached hydrogen (secondary N) is 2. The number of hydrogen-bond acceptors (Lipinski definition) is 5. The van der Waals surface area contributed by atoms with Crippen LogP contribution in [0.2, 0.25) is 15.2 Å². The minimum Gasteiger partial charge on any atom is -0.506 e. The first kappa shape index (κ1) is 14.1. The van der Waals surface area contributed by atoms with Crippen LogP contribution >= 0.6 is 34.8 Å². The third-order valence-electron chi connectivity index (χ3n) is 2.25. The SMILES string of the molecule is Oc1c(Cl)cc(Cl)cc1CNNc1nccnc1Cl. The van der Waals surface area contributed by atoms with Gasteiger partial charge in [0.25, 0.3) is 0 Å². The van der Waals surface area contributed by atoms with Gasteiger partial charge in [-0.3, -0.25) is 0 Å². The van der Waals surface area contributed by atoms with E-state index in [1.165, 1.54) is 18.5 Å². The number of aromatic hydroxyl groups is 1. The minimum atomic E-state index is -0.0226. The number of phenolic OH excluding ortho intramolecular Hbond substituents is 1. The number of phenols is 1. The minimum absolute atomic E-state index is 0.0226. The van der Waals surface area contributed by atoms with Gasteiger partial charge in [-0.1, -0.05) is 34.8 Å². The number of hydrazine groups is 1. The van der Waals surface area contributed by atoms with Crippen molar-refractivity contribution in [1.82, 2.24) is 15.4 Å². The monoisotopic (exact) mass is 318 g/mol. The van der Waals surface area contributed by atoms with Gasteiger partial charge in [-0.05, 0) is 12.1 Å². The van der Waals surface area contributed by atoms with Crippen LogP contribution in [-0.2, 0) is 6.54 Å². The molecule has 0 aliphatic rings. The Morgan fingerprint density at radius 1 is 1.11 bits per heavy atom. The summed E-state index contributed by atoms with van der Waals surface area (Å²) in [6.07, 6.45) is 2.99. The Hall–Kier alpha value is -1.27. The lowest BCUT2D eigenvalue weighted by atomic mass is 10.2. The van der Waals surface area contributed by atoms with E-state index in [0.29, 0.717) is 16.4 Å². The van der Waals surface area contributed by atoms with Crippen molar-refractivity contribution < 1.29 is 5.11 Å². The fraction of sp³-hybridized carbons (Fsp3) is 0.0909. The Balaban J connectivity index is 2.02. The zero-order chi connectivity index (χ0) is 13.8. The Morgan fingerprint density at radius 3 is 2.58 bits per heavy atom. The number of nitrogens with zero attached hydrogens (tertiary/aromatic N) is 2. The van der Waals surface area contributed by atoms with E-state index in [0.717, 1.165) is 0 Å². The zero-order valence-corrected chi connectivity index (χ0v) is 11.8. The first-order valence-corrected chi connectivity index (χ1v) is 6.33. The molecule has 3 N–H and O–H groups in total. The molecule has 0 spiro atoms. The fourth-order valence-electron chi connectivity index (χ4n) is 1.38. The van der Waals surface area contributed by atoms with Crippen molar-refractivity contribution in [1.29, 1.82) is 0 Å². The summed E-state index contributed by atoms with van der Waals surface area (Å²) < 4.78 is 0. The highest BCUT2D eigenvalue weighted by molar-refractivity contribution is 6.35. The summed E-state index contributed by atoms with van der Waals surface area (Å²) in [6.45, 7) is 0.277. The molecular formula is C11H9Cl3N4O. The van der Waals surface area contributed by atoms with Gasteiger partial charge in [-0.25, -0.2) is 15.4 Å². The molecule has 0 saturated carbocycles. The third-order valence-corrected chi connectivity index (χ3v) is 3.03. The molecule has 0 bridgehead atoms. The average molecular weight is 320 g/mol. The number of benzene rings is 1. The molecule has 2 aromatic rings. The Morgan fingerprint density at radius 2 is 1.84 bits per heavy atom. The van der Waals surface area contributed by atoms with E-state index in [2.05, 4.69) is 20.8 Å². The maximum absolute atomic E-state index is 9.76. The Bertz CT molecular complexity index is 594. The number of aromatic nitrogens is 2. The lowest BCUT2D eigenvalue weighted by Gasteiger charge is -2.10. The molecular weight excluding hydrogens is 311 g/mol. The number of anilines is 1. The molecule has 0 aliphatic heterocycles. The highest BCUT2D eigenvalue weighted by Crippen LogP contribution is 2.30. The van der Waals surface area contributed by atoms with E-state index in [9.17, 15) is 5.11 Å². The summed E-state index contributed by atoms with van der Waals surface area (Å²) in [6, 6.07) is 3.07. The normalized spacial score (nSPS) is 10.5. The van der Waals surface area contributed by atoms with Gasteiger partial charge in [0.1, 0.15) is 5.75 Å². The quantitative estimate of drug-likeness (QED) is 0.755. The first-order valence-electron chi connectivity index (χ1n) is 5.20. The second-order valence-electron chi connectivity index (χ2n) is 3.57. The smallest absolute Gasteiger partial charge is 0.178 e. The zero-order valence-electron chi connectivity index (χ0n) is 9.49. The summed E-state index contributed by atoms with van der Waals surface area (Å²) in [5.74, 6) is 0.363. The molecule has 5 nitrogen and oxygen atoms in total. The summed E-state index contributed by atoms with van der Waals surface area (Å²) in [7, 11) is 0. The number of rotatable bonds is 4. The summed E-state index contributed by atoms with van der Waals surface area (Å²) in [5.41, 5.74) is 6.16. The first-order chi connectivity index (χ1) is 9.08. The van der Waals surface area contributed by atoms with Gasteiger partial charge in [0, 0.05) is 29.5 Å². The standard InChI is InChI=1S/C11H9Cl3N4O/c12-7-3-6(9(19)8(13)4-7)5-17-18-11-10(14)15-1-2-16-11/h1-4,17,19H,5H2,(H,16,18). The van der Waals surface area contributed by atoms with E-state index < -0.39 is 0 Å². The summed E-state index contributed by atoms with van der Waals surface area (Å²) in [5, 5.41) is 10.6. The maximum Gasteiger partial charge on any atom is 0.178 e. The van der Waals surface area contributed by atoms with Crippen LogP contribution < -0.4 is 10.9 Å². The largest absolute Gasteiger partial charge is 0.506 e. The average Bonchev–Trinajstić information content (AvgIpc) is 2.37. The molecule has 0 radical (unpaired) electrons. The molecule has 19 heavy (non-hydrogen) atoms. The van der Waals surface area contributed by atoms with Crippen molar-refractivity contribution in [2.24, 2.45) is 0 Å². The second kappa shape index (κ2) is 6.25. The van der Waals surface area contributed by atoms with Gasteiger partial charge in [0.2, 0.25) is 0 Å². The molecule has 0 amide bonds. The van der Waals surface area contributed by atoms with Crippen LogP contribution in [0.5, 0.6) is 5.75 Å². The van der Waals surface area contributed by atoms with Crippen LogP contribution in [0.3, 0.4) is 0 Å². The number of hydrogen-bond donors (Lipinski definition) is 3. The van der Waals surface area contributed by atoms with Gasteiger partial charge in [-0.15, -0.1) is 0 Å². The molecule has 8 heteroatoms. The Kier molecular flexibility index (Phi) is 4.66. The van der Waals surface area contributed by atoms with Gasteiger partial charge in [0.15, 0.2) is 11.0 Å². The van der Waals surface area contributed by atoms with Gasteiger partial charge in [0.05, 0.1) is 5.02 Å². The highest BCUT2D eigenvalue weighted by Gasteiger charge is 2.08. The van der Waals surface area contributed by atoms with Crippen LogP contribution in [0.1, 0.15) is 5.56 Å². The molecule has 0 unspecified atom stereocenters. The molecule has 1 aromatic heterocycles. The molecule has 2 rings (SSSR count). The van der Waals surface area contributed by atoms with Crippen LogP contribution in [-0.4, -0.2) is 15.1 Å². The lowest BCUT2D eigenvalue weighted by molar-refractivity contribution is 0.466. The number of halogens is 3. The van der Waals surface area contributed by atoms with Crippen molar-refractivity contribution in [3.63, 3.8) is 0 Å².